The van der Waals surface area contributed by atoms with E-state index in [1.165, 1.54) is 24.6 Å². The van der Waals surface area contributed by atoms with Crippen molar-refractivity contribution in [3.8, 4) is 0 Å². The minimum Gasteiger partial charge on any atom is -0.345 e. The van der Waals surface area contributed by atoms with E-state index in [1.54, 1.807) is 0 Å². The van der Waals surface area contributed by atoms with Crippen LogP contribution in [-0.2, 0) is 14.4 Å². The number of carbonyl (C=O) groups excluding carboxylic acids is 3. The number of hydrogen-bond acceptors (Lipinski definition) is 4. The maximum absolute atomic E-state index is 12.2. The molecule has 2 amide bonds. The quantitative estimate of drug-likeness (QED) is 0.841. The first-order chi connectivity index (χ1) is 9.65. The zero-order valence-electron chi connectivity index (χ0n) is 11.5. The Kier molecular flexibility index (Phi) is 4.01. The summed E-state index contributed by atoms with van der Waals surface area (Å²) >= 11 is 1.28. The summed E-state index contributed by atoms with van der Waals surface area (Å²) in [4.78, 5) is 37.7. The zero-order chi connectivity index (χ0) is 14.1. The lowest BCUT2D eigenvalue weighted by Crippen LogP contribution is -2.42. The number of rotatable bonds is 3. The first-order valence-electron chi connectivity index (χ1n) is 7.41. The number of hydrogen-bond donors (Lipinski definition) is 1. The van der Waals surface area contributed by atoms with Crippen molar-refractivity contribution >= 4 is 28.7 Å². The smallest absolute Gasteiger partial charge is 0.226 e. The van der Waals surface area contributed by atoms with Crippen LogP contribution in [0.5, 0.6) is 0 Å². The Morgan fingerprint density at radius 2 is 1.95 bits per heavy atom. The molecule has 2 atom stereocenters. The highest BCUT2D eigenvalue weighted by molar-refractivity contribution is 8.14. The summed E-state index contributed by atoms with van der Waals surface area (Å²) in [5.41, 5.74) is 0. The van der Waals surface area contributed by atoms with Crippen molar-refractivity contribution in [3.05, 3.63) is 0 Å². The Morgan fingerprint density at radius 1 is 1.20 bits per heavy atom. The first-order valence-corrected chi connectivity index (χ1v) is 8.40. The number of amides is 2. The van der Waals surface area contributed by atoms with E-state index in [9.17, 15) is 14.4 Å². The molecule has 110 valence electrons. The van der Waals surface area contributed by atoms with Gasteiger partial charge in [-0.25, -0.2) is 0 Å². The average molecular weight is 296 g/mol. The summed E-state index contributed by atoms with van der Waals surface area (Å²) < 4.78 is 0. The minimum absolute atomic E-state index is 0.0512. The van der Waals surface area contributed by atoms with Crippen LogP contribution in [0.15, 0.2) is 0 Å². The summed E-state index contributed by atoms with van der Waals surface area (Å²) in [5.74, 6) is 0.479. The Bertz CT molecular complexity index is 434. The number of thioether (sulfide) groups is 1. The van der Waals surface area contributed by atoms with E-state index in [-0.39, 0.29) is 28.9 Å². The van der Waals surface area contributed by atoms with Crippen molar-refractivity contribution in [3.63, 3.8) is 0 Å². The van der Waals surface area contributed by atoms with Gasteiger partial charge in [-0.1, -0.05) is 24.6 Å². The molecule has 2 saturated heterocycles. The largest absolute Gasteiger partial charge is 0.345 e. The molecular formula is C14H20N2O3S. The predicted molar refractivity (Wildman–Crippen MR) is 76.1 cm³/mol. The van der Waals surface area contributed by atoms with Gasteiger partial charge in [0.2, 0.25) is 16.9 Å². The van der Waals surface area contributed by atoms with Gasteiger partial charge in [-0.2, -0.15) is 0 Å². The van der Waals surface area contributed by atoms with Crippen LogP contribution >= 0.6 is 11.8 Å². The monoisotopic (exact) mass is 296 g/mol. The molecule has 2 heterocycles. The molecule has 6 heteroatoms. The molecule has 0 aromatic heterocycles. The Hall–Kier alpha value is -1.04. The molecule has 3 aliphatic rings. The molecule has 3 fully saturated rings. The van der Waals surface area contributed by atoms with Crippen LogP contribution in [0.3, 0.4) is 0 Å². The lowest BCUT2D eigenvalue weighted by Gasteiger charge is -2.24. The van der Waals surface area contributed by atoms with E-state index < -0.39 is 0 Å². The molecule has 0 unspecified atom stereocenters. The highest BCUT2D eigenvalue weighted by Gasteiger charge is 2.39. The minimum atomic E-state index is -0.344. The van der Waals surface area contributed by atoms with Crippen LogP contribution < -0.4 is 5.32 Å². The van der Waals surface area contributed by atoms with Crippen molar-refractivity contribution in [2.75, 3.05) is 12.3 Å². The summed E-state index contributed by atoms with van der Waals surface area (Å²) in [5, 5.41) is 2.87. The van der Waals surface area contributed by atoms with E-state index in [2.05, 4.69) is 5.32 Å². The third-order valence-electron chi connectivity index (χ3n) is 4.55. The van der Waals surface area contributed by atoms with Crippen molar-refractivity contribution in [1.82, 2.24) is 10.2 Å². The Morgan fingerprint density at radius 3 is 2.60 bits per heavy atom. The normalized spacial score (nSPS) is 31.3. The van der Waals surface area contributed by atoms with Gasteiger partial charge in [0.25, 0.3) is 0 Å². The lowest BCUT2D eigenvalue weighted by molar-refractivity contribution is -0.130. The summed E-state index contributed by atoms with van der Waals surface area (Å²) in [6, 6.07) is -0.00731. The van der Waals surface area contributed by atoms with Crippen molar-refractivity contribution in [2.45, 2.75) is 50.6 Å². The third-order valence-corrected chi connectivity index (χ3v) is 5.56. The van der Waals surface area contributed by atoms with Crippen LogP contribution in [0.2, 0.25) is 0 Å². The Labute approximate surface area is 122 Å². The average Bonchev–Trinajstić information content (AvgIpc) is 3.11. The zero-order valence-corrected chi connectivity index (χ0v) is 12.3. The fourth-order valence-corrected chi connectivity index (χ4v) is 4.33. The molecule has 1 aliphatic carbocycles. The molecule has 1 saturated carbocycles. The Balaban J connectivity index is 1.56. The molecule has 20 heavy (non-hydrogen) atoms. The highest BCUT2D eigenvalue weighted by Crippen LogP contribution is 2.30. The summed E-state index contributed by atoms with van der Waals surface area (Å²) in [7, 11) is 0. The second-order valence-corrected chi connectivity index (χ2v) is 7.00. The van der Waals surface area contributed by atoms with Crippen molar-refractivity contribution < 1.29 is 14.4 Å². The highest BCUT2D eigenvalue weighted by atomic mass is 32.2. The maximum Gasteiger partial charge on any atom is 0.226 e. The van der Waals surface area contributed by atoms with Crippen LogP contribution in [0.1, 0.15) is 38.5 Å². The second-order valence-electron chi connectivity index (χ2n) is 5.90. The number of likely N-dealkylation sites (tertiary alicyclic amines) is 1. The first kappa shape index (κ1) is 13.9. The van der Waals surface area contributed by atoms with Gasteiger partial charge in [-0.3, -0.25) is 14.4 Å². The molecule has 0 aromatic rings. The van der Waals surface area contributed by atoms with Gasteiger partial charge in [0.15, 0.2) is 0 Å². The fourth-order valence-electron chi connectivity index (χ4n) is 3.39. The van der Waals surface area contributed by atoms with Gasteiger partial charge in [0.1, 0.15) is 0 Å². The predicted octanol–water partition coefficient (Wildman–Crippen LogP) is 0.926. The number of carbonyl (C=O) groups is 3. The molecule has 0 bridgehead atoms. The SMILES string of the molecule is O=C(N[C@H]1CCSC1=O)[C@@H]1CC(=O)N(C2CCCC2)C1. The number of nitrogens with one attached hydrogen (secondary N) is 1. The fraction of sp³-hybridized carbons (Fsp3) is 0.786. The molecule has 1 N–H and O–H groups in total. The van der Waals surface area contributed by atoms with Crippen LogP contribution in [-0.4, -0.2) is 46.2 Å². The van der Waals surface area contributed by atoms with Gasteiger partial charge in [-0.05, 0) is 19.3 Å². The molecule has 3 rings (SSSR count). The maximum atomic E-state index is 12.2. The van der Waals surface area contributed by atoms with E-state index >= 15 is 0 Å². The van der Waals surface area contributed by atoms with Crippen molar-refractivity contribution in [1.29, 1.82) is 0 Å². The summed E-state index contributed by atoms with van der Waals surface area (Å²) in [6.07, 6.45) is 5.51. The molecule has 0 spiro atoms. The van der Waals surface area contributed by atoms with Crippen molar-refractivity contribution in [2.24, 2.45) is 5.92 Å². The van der Waals surface area contributed by atoms with Gasteiger partial charge < -0.3 is 10.2 Å². The molecule has 2 aliphatic heterocycles. The molecule has 0 radical (unpaired) electrons. The van der Waals surface area contributed by atoms with Gasteiger partial charge >= 0.3 is 0 Å². The van der Waals surface area contributed by atoms with E-state index in [0.29, 0.717) is 25.4 Å². The lowest BCUT2D eigenvalue weighted by atomic mass is 10.1. The second kappa shape index (κ2) is 5.76. The molecule has 5 nitrogen and oxygen atoms in total. The van der Waals surface area contributed by atoms with E-state index in [4.69, 9.17) is 0 Å². The third kappa shape index (κ3) is 2.71. The topological polar surface area (TPSA) is 66.5 Å². The van der Waals surface area contributed by atoms with Gasteiger partial charge in [0.05, 0.1) is 12.0 Å². The van der Waals surface area contributed by atoms with E-state index in [1.807, 2.05) is 4.90 Å². The molecular weight excluding hydrogens is 276 g/mol. The standard InChI is InChI=1S/C14H20N2O3S/c17-12-7-9(8-16(12)10-3-1-2-4-10)13(18)15-11-5-6-20-14(11)19/h9-11H,1-8H2,(H,15,18)/t9-,11+/m1/s1. The molecule has 0 aromatic carbocycles. The summed E-state index contributed by atoms with van der Waals surface area (Å²) in [6.45, 7) is 0.531. The van der Waals surface area contributed by atoms with Crippen LogP contribution in [0.4, 0.5) is 0 Å². The van der Waals surface area contributed by atoms with Gasteiger partial charge in [0, 0.05) is 24.8 Å². The van der Waals surface area contributed by atoms with Crippen LogP contribution in [0.25, 0.3) is 0 Å². The number of nitrogens with zero attached hydrogens (tertiary/aromatic N) is 1. The van der Waals surface area contributed by atoms with Crippen LogP contribution in [0, 0.1) is 5.92 Å². The van der Waals surface area contributed by atoms with Gasteiger partial charge in [-0.15, -0.1) is 0 Å². The van der Waals surface area contributed by atoms with E-state index in [0.717, 1.165) is 18.6 Å².